The predicted molar refractivity (Wildman–Crippen MR) is 82.6 cm³/mol. The minimum Gasteiger partial charge on any atom is -0.379 e. The summed E-state index contributed by atoms with van der Waals surface area (Å²) in [5.41, 5.74) is 1.10. The smallest absolute Gasteiger partial charge is 0.0991 e. The van der Waals surface area contributed by atoms with E-state index in [9.17, 15) is 0 Å². The predicted octanol–water partition coefficient (Wildman–Crippen LogP) is 3.43. The lowest BCUT2D eigenvalue weighted by Gasteiger charge is -2.26. The van der Waals surface area contributed by atoms with E-state index in [0.29, 0.717) is 0 Å². The van der Waals surface area contributed by atoms with Gasteiger partial charge < -0.3 is 10.1 Å². The Kier molecular flexibility index (Phi) is 6.39. The van der Waals surface area contributed by atoms with E-state index in [2.05, 4.69) is 17.1 Å². The second kappa shape index (κ2) is 7.81. The van der Waals surface area contributed by atoms with Crippen molar-refractivity contribution in [3.8, 4) is 0 Å². The third-order valence-electron chi connectivity index (χ3n) is 3.35. The van der Waals surface area contributed by atoms with Crippen molar-refractivity contribution < 1.29 is 4.74 Å². The van der Waals surface area contributed by atoms with Crippen molar-refractivity contribution in [1.82, 2.24) is 10.2 Å². The molecule has 1 saturated heterocycles. The summed E-state index contributed by atoms with van der Waals surface area (Å²) in [4.78, 5) is 2.45. The van der Waals surface area contributed by atoms with E-state index in [1.807, 2.05) is 6.07 Å². The number of halogens is 2. The average Bonchev–Trinajstić information content (AvgIpc) is 2.75. The monoisotopic (exact) mass is 322 g/mol. The maximum absolute atomic E-state index is 6.15. The molecule has 0 aromatic carbocycles. The topological polar surface area (TPSA) is 24.5 Å². The van der Waals surface area contributed by atoms with Gasteiger partial charge in [-0.2, -0.15) is 0 Å². The first-order valence-electron chi connectivity index (χ1n) is 6.65. The van der Waals surface area contributed by atoms with Gasteiger partial charge in [0.05, 0.1) is 21.9 Å². The minimum atomic E-state index is 0.251. The summed E-state index contributed by atoms with van der Waals surface area (Å²) in [6.45, 7) is 8.09. The highest BCUT2D eigenvalue weighted by Gasteiger charge is 2.13. The maximum atomic E-state index is 6.15. The first-order valence-corrected chi connectivity index (χ1v) is 8.22. The lowest BCUT2D eigenvalue weighted by atomic mass is 10.2. The molecule has 0 bridgehead atoms. The summed E-state index contributed by atoms with van der Waals surface area (Å²) in [6.07, 6.45) is 1.14. The van der Waals surface area contributed by atoms with Gasteiger partial charge in [0.2, 0.25) is 0 Å². The van der Waals surface area contributed by atoms with Crippen LogP contribution in [-0.2, 0) is 4.74 Å². The van der Waals surface area contributed by atoms with Crippen molar-refractivity contribution >= 4 is 34.5 Å². The molecule has 1 aliphatic heterocycles. The van der Waals surface area contributed by atoms with Gasteiger partial charge in [0, 0.05) is 19.1 Å². The average molecular weight is 323 g/mol. The molecular weight excluding hydrogens is 303 g/mol. The Labute approximate surface area is 128 Å². The van der Waals surface area contributed by atoms with Gasteiger partial charge in [-0.15, -0.1) is 11.3 Å². The van der Waals surface area contributed by atoms with Crippen molar-refractivity contribution in [2.75, 3.05) is 39.4 Å². The second-order valence-corrected chi connectivity index (χ2v) is 7.05. The third-order valence-corrected chi connectivity index (χ3v) is 4.87. The quantitative estimate of drug-likeness (QED) is 0.812. The Hall–Kier alpha value is 0.160. The van der Waals surface area contributed by atoms with Gasteiger partial charge in [0.15, 0.2) is 0 Å². The van der Waals surface area contributed by atoms with E-state index in [1.54, 1.807) is 0 Å². The van der Waals surface area contributed by atoms with E-state index < -0.39 is 0 Å². The van der Waals surface area contributed by atoms with Crippen molar-refractivity contribution in [2.45, 2.75) is 19.4 Å². The molecule has 1 aromatic rings. The normalized spacial score (nSPS) is 18.7. The van der Waals surface area contributed by atoms with Crippen LogP contribution < -0.4 is 5.32 Å². The number of nitrogens with one attached hydrogen (secondary N) is 1. The van der Waals surface area contributed by atoms with Gasteiger partial charge >= 0.3 is 0 Å². The third kappa shape index (κ3) is 4.88. The number of thiophene rings is 1. The number of ether oxygens (including phenoxy) is 1. The molecule has 6 heteroatoms. The van der Waals surface area contributed by atoms with E-state index >= 15 is 0 Å². The van der Waals surface area contributed by atoms with Gasteiger partial charge in [-0.3, -0.25) is 4.90 Å². The van der Waals surface area contributed by atoms with E-state index in [-0.39, 0.29) is 6.04 Å². The van der Waals surface area contributed by atoms with Crippen LogP contribution >= 0.6 is 34.5 Å². The van der Waals surface area contributed by atoms with E-state index in [1.165, 1.54) is 11.3 Å². The van der Waals surface area contributed by atoms with Crippen LogP contribution in [0.1, 0.15) is 24.9 Å². The Morgan fingerprint density at radius 3 is 2.79 bits per heavy atom. The SMILES string of the molecule is CC(NCCCN1CCOCC1)c1cc(Cl)sc1Cl. The van der Waals surface area contributed by atoms with Gasteiger partial charge in [0.25, 0.3) is 0 Å². The van der Waals surface area contributed by atoms with Gasteiger partial charge in [0.1, 0.15) is 0 Å². The Bertz CT molecular complexity index is 394. The number of hydrogen-bond acceptors (Lipinski definition) is 4. The first-order chi connectivity index (χ1) is 9.16. The molecule has 2 rings (SSSR count). The zero-order valence-electron chi connectivity index (χ0n) is 11.1. The van der Waals surface area contributed by atoms with Crippen LogP contribution in [0.3, 0.4) is 0 Å². The van der Waals surface area contributed by atoms with E-state index in [4.69, 9.17) is 27.9 Å². The van der Waals surface area contributed by atoms with Crippen LogP contribution in [-0.4, -0.2) is 44.3 Å². The molecule has 3 nitrogen and oxygen atoms in total. The van der Waals surface area contributed by atoms with Crippen molar-refractivity contribution in [3.05, 3.63) is 20.3 Å². The van der Waals surface area contributed by atoms with Gasteiger partial charge in [-0.25, -0.2) is 0 Å². The van der Waals surface area contributed by atoms with Crippen LogP contribution in [0.25, 0.3) is 0 Å². The summed E-state index contributed by atoms with van der Waals surface area (Å²) in [5.74, 6) is 0. The first kappa shape index (κ1) is 15.5. The molecule has 1 N–H and O–H groups in total. The van der Waals surface area contributed by atoms with Crippen molar-refractivity contribution in [1.29, 1.82) is 0 Å². The molecule has 0 radical (unpaired) electrons. The van der Waals surface area contributed by atoms with Gasteiger partial charge in [-0.1, -0.05) is 23.2 Å². The fourth-order valence-electron chi connectivity index (χ4n) is 2.20. The molecule has 1 fully saturated rings. The van der Waals surface area contributed by atoms with Crippen LogP contribution in [0.4, 0.5) is 0 Å². The lowest BCUT2D eigenvalue weighted by Crippen LogP contribution is -2.37. The highest BCUT2D eigenvalue weighted by molar-refractivity contribution is 7.20. The number of nitrogens with zero attached hydrogens (tertiary/aromatic N) is 1. The Morgan fingerprint density at radius 1 is 1.42 bits per heavy atom. The highest BCUT2D eigenvalue weighted by atomic mass is 35.5. The Balaban J connectivity index is 1.66. The summed E-state index contributed by atoms with van der Waals surface area (Å²) in [7, 11) is 0. The molecule has 0 amide bonds. The fourth-order valence-corrected chi connectivity index (χ4v) is 3.85. The summed E-state index contributed by atoms with van der Waals surface area (Å²) < 4.78 is 6.88. The number of hydrogen-bond donors (Lipinski definition) is 1. The summed E-state index contributed by atoms with van der Waals surface area (Å²) in [5, 5.41) is 3.50. The lowest BCUT2D eigenvalue weighted by molar-refractivity contribution is 0.0374. The van der Waals surface area contributed by atoms with Crippen LogP contribution in [0.5, 0.6) is 0 Å². The zero-order valence-corrected chi connectivity index (χ0v) is 13.5. The van der Waals surface area contributed by atoms with Crippen LogP contribution in [0.2, 0.25) is 8.67 Å². The number of rotatable bonds is 6. The van der Waals surface area contributed by atoms with Crippen molar-refractivity contribution in [2.24, 2.45) is 0 Å². The fraction of sp³-hybridized carbons (Fsp3) is 0.692. The van der Waals surface area contributed by atoms with E-state index in [0.717, 1.165) is 60.0 Å². The zero-order chi connectivity index (χ0) is 13.7. The molecule has 1 unspecified atom stereocenters. The molecular formula is C13H20Cl2N2OS. The molecule has 19 heavy (non-hydrogen) atoms. The molecule has 1 aromatic heterocycles. The highest BCUT2D eigenvalue weighted by Crippen LogP contribution is 2.34. The largest absolute Gasteiger partial charge is 0.379 e. The molecule has 0 aliphatic carbocycles. The standard InChI is InChI=1S/C13H20Cl2N2OS/c1-10(11-9-12(14)19-13(11)15)16-3-2-4-17-5-7-18-8-6-17/h9-10,16H,2-8H2,1H3. The molecule has 1 aliphatic rings. The molecule has 0 spiro atoms. The molecule has 0 saturated carbocycles. The Morgan fingerprint density at radius 2 is 2.16 bits per heavy atom. The van der Waals surface area contributed by atoms with Gasteiger partial charge in [-0.05, 0) is 38.1 Å². The maximum Gasteiger partial charge on any atom is 0.0991 e. The second-order valence-electron chi connectivity index (χ2n) is 4.76. The summed E-state index contributed by atoms with van der Waals surface area (Å²) >= 11 is 13.5. The molecule has 108 valence electrons. The van der Waals surface area contributed by atoms with Crippen LogP contribution in [0, 0.1) is 0 Å². The molecule has 1 atom stereocenters. The number of morpholine rings is 1. The molecule has 2 heterocycles. The minimum absolute atomic E-state index is 0.251. The van der Waals surface area contributed by atoms with Crippen LogP contribution in [0.15, 0.2) is 6.07 Å². The van der Waals surface area contributed by atoms with Crippen molar-refractivity contribution in [3.63, 3.8) is 0 Å². The summed E-state index contributed by atoms with van der Waals surface area (Å²) in [6, 6.07) is 2.20.